The summed E-state index contributed by atoms with van der Waals surface area (Å²) in [6.45, 7) is 2.07. The molecule has 6 nitrogen and oxygen atoms in total. The second-order valence-electron chi connectivity index (χ2n) is 8.11. The minimum atomic E-state index is 0.910. The van der Waals surface area contributed by atoms with Crippen molar-refractivity contribution in [1.82, 2.24) is 29.5 Å². The maximum absolute atomic E-state index is 4.70. The van der Waals surface area contributed by atoms with E-state index in [-0.39, 0.29) is 0 Å². The van der Waals surface area contributed by atoms with Gasteiger partial charge in [0.1, 0.15) is 5.65 Å². The zero-order valence-electron chi connectivity index (χ0n) is 17.3. The van der Waals surface area contributed by atoms with E-state index in [1.165, 1.54) is 11.1 Å². The fourth-order valence-electron chi connectivity index (χ4n) is 4.34. The van der Waals surface area contributed by atoms with E-state index >= 15 is 0 Å². The van der Waals surface area contributed by atoms with Crippen molar-refractivity contribution in [2.24, 2.45) is 0 Å². The third-order valence-electron chi connectivity index (χ3n) is 6.12. The molecule has 0 saturated heterocycles. The second-order valence-corrected chi connectivity index (χ2v) is 8.11. The molecule has 0 amide bonds. The Morgan fingerprint density at radius 2 is 1.97 bits per heavy atom. The summed E-state index contributed by atoms with van der Waals surface area (Å²) in [6, 6.07) is 10.6. The minimum absolute atomic E-state index is 0.910. The molecule has 0 unspecified atom stereocenters. The van der Waals surface area contributed by atoms with Gasteiger partial charge in [0.2, 0.25) is 0 Å². The van der Waals surface area contributed by atoms with Crippen LogP contribution >= 0.6 is 0 Å². The fourth-order valence-corrected chi connectivity index (χ4v) is 4.34. The number of H-pyrrole nitrogens is 1. The first-order valence-corrected chi connectivity index (χ1v) is 10.5. The molecule has 5 aromatic rings. The number of nitrogens with zero attached hydrogens (tertiary/aromatic N) is 5. The maximum atomic E-state index is 4.70. The van der Waals surface area contributed by atoms with Gasteiger partial charge in [0.05, 0.1) is 11.7 Å². The number of rotatable bonds is 3. The van der Waals surface area contributed by atoms with Gasteiger partial charge >= 0.3 is 0 Å². The van der Waals surface area contributed by atoms with E-state index in [9.17, 15) is 0 Å². The Kier molecular flexibility index (Phi) is 4.18. The Balaban J connectivity index is 1.47. The highest BCUT2D eigenvalue weighted by molar-refractivity contribution is 5.96. The number of hydrogen-bond donors (Lipinski definition) is 1. The Bertz CT molecular complexity index is 1430. The van der Waals surface area contributed by atoms with Crippen molar-refractivity contribution in [2.45, 2.75) is 6.42 Å². The lowest BCUT2D eigenvalue weighted by Crippen LogP contribution is -2.23. The fraction of sp³-hybridized carbons (Fsp3) is 0.160. The van der Waals surface area contributed by atoms with Crippen molar-refractivity contribution < 1.29 is 0 Å². The number of nitrogens with one attached hydrogen (secondary N) is 1. The van der Waals surface area contributed by atoms with E-state index in [4.69, 9.17) is 4.98 Å². The molecule has 1 aliphatic heterocycles. The van der Waals surface area contributed by atoms with Gasteiger partial charge in [-0.1, -0.05) is 12.1 Å². The molecule has 0 aliphatic carbocycles. The van der Waals surface area contributed by atoms with Crippen molar-refractivity contribution >= 4 is 22.1 Å². The Hall–Kier alpha value is -3.77. The number of pyridine rings is 3. The monoisotopic (exact) mass is 406 g/mol. The van der Waals surface area contributed by atoms with E-state index in [0.717, 1.165) is 58.3 Å². The van der Waals surface area contributed by atoms with Gasteiger partial charge in [-0.3, -0.25) is 4.98 Å². The summed E-state index contributed by atoms with van der Waals surface area (Å²) in [5.41, 5.74) is 8.99. The predicted octanol–water partition coefficient (Wildman–Crippen LogP) is 4.66. The highest BCUT2D eigenvalue weighted by Gasteiger charge is 2.14. The van der Waals surface area contributed by atoms with Gasteiger partial charge in [-0.05, 0) is 54.4 Å². The predicted molar refractivity (Wildman–Crippen MR) is 124 cm³/mol. The van der Waals surface area contributed by atoms with Crippen molar-refractivity contribution in [1.29, 1.82) is 0 Å². The van der Waals surface area contributed by atoms with Gasteiger partial charge in [0.15, 0.2) is 0 Å². The van der Waals surface area contributed by atoms with E-state index in [0.29, 0.717) is 0 Å². The zero-order valence-corrected chi connectivity index (χ0v) is 17.3. The van der Waals surface area contributed by atoms with Gasteiger partial charge in [-0.15, -0.1) is 0 Å². The number of fused-ring (bicyclic) bond motifs is 2. The normalized spacial score (nSPS) is 14.9. The first-order chi connectivity index (χ1) is 15.3. The van der Waals surface area contributed by atoms with Gasteiger partial charge in [-0.25, -0.2) is 9.50 Å². The summed E-state index contributed by atoms with van der Waals surface area (Å²) in [4.78, 5) is 14.6. The second kappa shape index (κ2) is 7.18. The summed E-state index contributed by atoms with van der Waals surface area (Å²) < 4.78 is 1.91. The van der Waals surface area contributed by atoms with Crippen molar-refractivity contribution in [2.75, 3.05) is 20.1 Å². The molecular formula is C25H22N6. The molecular weight excluding hydrogens is 384 g/mol. The SMILES string of the molecule is CN1CC=C(c2cnc3[nH]cc(-c4ccn5ncc(-c6cccnc6)c5c4)c3c2)CC1. The molecule has 0 radical (unpaired) electrons. The average Bonchev–Trinajstić information content (AvgIpc) is 3.43. The van der Waals surface area contributed by atoms with Crippen LogP contribution in [0.5, 0.6) is 0 Å². The summed E-state index contributed by atoms with van der Waals surface area (Å²) in [6.07, 6.45) is 15.0. The van der Waals surface area contributed by atoms with Crippen molar-refractivity contribution in [3.63, 3.8) is 0 Å². The highest BCUT2D eigenvalue weighted by Crippen LogP contribution is 2.33. The summed E-state index contributed by atoms with van der Waals surface area (Å²) >= 11 is 0. The molecule has 1 N–H and O–H groups in total. The molecule has 152 valence electrons. The number of aromatic amines is 1. The van der Waals surface area contributed by atoms with E-state index in [1.54, 1.807) is 6.20 Å². The maximum Gasteiger partial charge on any atom is 0.137 e. The summed E-state index contributed by atoms with van der Waals surface area (Å²) in [5.74, 6) is 0. The molecule has 0 bridgehead atoms. The molecule has 31 heavy (non-hydrogen) atoms. The first kappa shape index (κ1) is 18.0. The van der Waals surface area contributed by atoms with Crippen LogP contribution in [0.25, 0.3) is 44.4 Å². The summed E-state index contributed by atoms with van der Waals surface area (Å²) in [5, 5.41) is 5.66. The number of aromatic nitrogens is 5. The standard InChI is InChI=1S/C25H22N6/c1-30-8-4-17(5-9-30)20-11-21-22(15-28-25(21)27-14-20)18-6-10-31-24(12-18)23(16-29-31)19-3-2-7-26-13-19/h2-4,6-7,10-16H,5,8-9H2,1H3,(H,27,28). The van der Waals surface area contributed by atoms with Gasteiger partial charge in [0.25, 0.3) is 0 Å². The van der Waals surface area contributed by atoms with Crippen LogP contribution in [-0.4, -0.2) is 49.6 Å². The van der Waals surface area contributed by atoms with E-state index < -0.39 is 0 Å². The highest BCUT2D eigenvalue weighted by atomic mass is 15.2. The topological polar surface area (TPSA) is 62.1 Å². The third kappa shape index (κ3) is 3.12. The van der Waals surface area contributed by atoms with Crippen LogP contribution in [0.2, 0.25) is 0 Å². The molecule has 0 fully saturated rings. The van der Waals surface area contributed by atoms with Gasteiger partial charge < -0.3 is 9.88 Å². The van der Waals surface area contributed by atoms with Crippen LogP contribution in [0, 0.1) is 0 Å². The van der Waals surface area contributed by atoms with Crippen molar-refractivity contribution in [3.05, 3.63) is 79.2 Å². The molecule has 0 atom stereocenters. The quantitative estimate of drug-likeness (QED) is 0.473. The van der Waals surface area contributed by atoms with Crippen LogP contribution < -0.4 is 0 Å². The van der Waals surface area contributed by atoms with Crippen LogP contribution in [0.15, 0.2) is 73.6 Å². The van der Waals surface area contributed by atoms with Gasteiger partial charge in [-0.2, -0.15) is 5.10 Å². The minimum Gasteiger partial charge on any atom is -0.346 e. The third-order valence-corrected chi connectivity index (χ3v) is 6.12. The van der Waals surface area contributed by atoms with Crippen LogP contribution in [0.4, 0.5) is 0 Å². The molecule has 5 aromatic heterocycles. The zero-order chi connectivity index (χ0) is 20.8. The smallest absolute Gasteiger partial charge is 0.137 e. The van der Waals surface area contributed by atoms with Crippen LogP contribution in [0.1, 0.15) is 12.0 Å². The van der Waals surface area contributed by atoms with Crippen molar-refractivity contribution in [3.8, 4) is 22.3 Å². The van der Waals surface area contributed by atoms with Gasteiger partial charge in [0, 0.05) is 66.2 Å². The van der Waals surface area contributed by atoms with Crippen LogP contribution in [0.3, 0.4) is 0 Å². The molecule has 0 saturated carbocycles. The lowest BCUT2D eigenvalue weighted by atomic mass is 9.98. The Morgan fingerprint density at radius 3 is 2.81 bits per heavy atom. The Labute approximate surface area is 179 Å². The van der Waals surface area contributed by atoms with Crippen LogP contribution in [-0.2, 0) is 0 Å². The van der Waals surface area contributed by atoms with E-state index in [2.05, 4.69) is 63.6 Å². The first-order valence-electron chi connectivity index (χ1n) is 10.5. The number of likely N-dealkylation sites (N-methyl/N-ethyl adjacent to an activating group) is 1. The largest absolute Gasteiger partial charge is 0.346 e. The molecule has 6 heterocycles. The van der Waals surface area contributed by atoms with E-state index in [1.807, 2.05) is 35.4 Å². The lowest BCUT2D eigenvalue weighted by molar-refractivity contribution is 0.370. The Morgan fingerprint density at radius 1 is 1.00 bits per heavy atom. The molecule has 0 spiro atoms. The summed E-state index contributed by atoms with van der Waals surface area (Å²) in [7, 11) is 2.16. The molecule has 6 rings (SSSR count). The molecule has 0 aromatic carbocycles. The lowest BCUT2D eigenvalue weighted by Gasteiger charge is -2.22. The average molecular weight is 406 g/mol. The molecule has 1 aliphatic rings. The molecule has 6 heteroatoms. The number of hydrogen-bond acceptors (Lipinski definition) is 4.